The number of carbonyl (C=O) groups excluding carboxylic acids is 1. The highest BCUT2D eigenvalue weighted by Gasteiger charge is 2.30. The normalized spacial score (nSPS) is 22.6. The molecule has 0 aromatic rings. The molecule has 2 rings (SSSR count). The highest BCUT2D eigenvalue weighted by atomic mass is 16.5. The number of rotatable bonds is 2. The molecule has 0 bridgehead atoms. The number of ether oxygens (including phenoxy) is 1. The molecule has 0 spiro atoms. The van der Waals surface area contributed by atoms with Crippen LogP contribution in [0.4, 0.5) is 0 Å². The molecule has 72 valence electrons. The molecule has 0 amide bonds. The highest BCUT2D eigenvalue weighted by Crippen LogP contribution is 2.30. The molecule has 0 aromatic carbocycles. The summed E-state index contributed by atoms with van der Waals surface area (Å²) >= 11 is 0. The first-order valence-electron chi connectivity index (χ1n) is 5.24. The fourth-order valence-electron chi connectivity index (χ4n) is 1.68. The van der Waals surface area contributed by atoms with Gasteiger partial charge in [-0.05, 0) is 44.1 Å². The Morgan fingerprint density at radius 3 is 2.54 bits per heavy atom. The SMILES string of the molecule is O=C(OC=C1CCCCC1)C1CC1. The van der Waals surface area contributed by atoms with E-state index >= 15 is 0 Å². The molecule has 0 heterocycles. The fourth-order valence-corrected chi connectivity index (χ4v) is 1.68. The van der Waals surface area contributed by atoms with Crippen LogP contribution in [-0.4, -0.2) is 5.97 Å². The molecule has 0 saturated heterocycles. The molecule has 0 radical (unpaired) electrons. The molecule has 2 fully saturated rings. The van der Waals surface area contributed by atoms with E-state index in [1.54, 1.807) is 6.26 Å². The van der Waals surface area contributed by atoms with E-state index in [1.165, 1.54) is 24.8 Å². The smallest absolute Gasteiger partial charge is 0.313 e. The highest BCUT2D eigenvalue weighted by molar-refractivity contribution is 5.75. The van der Waals surface area contributed by atoms with Crippen molar-refractivity contribution in [1.29, 1.82) is 0 Å². The molecule has 2 saturated carbocycles. The Labute approximate surface area is 79.0 Å². The van der Waals surface area contributed by atoms with Gasteiger partial charge in [0.05, 0.1) is 12.2 Å². The molecule has 0 N–H and O–H groups in total. The zero-order valence-electron chi connectivity index (χ0n) is 7.92. The summed E-state index contributed by atoms with van der Waals surface area (Å²) in [4.78, 5) is 11.2. The van der Waals surface area contributed by atoms with Crippen LogP contribution in [0.15, 0.2) is 11.8 Å². The largest absolute Gasteiger partial charge is 0.434 e. The second kappa shape index (κ2) is 3.95. The maximum Gasteiger partial charge on any atom is 0.313 e. The van der Waals surface area contributed by atoms with Crippen LogP contribution in [0.5, 0.6) is 0 Å². The lowest BCUT2D eigenvalue weighted by Crippen LogP contribution is -2.03. The van der Waals surface area contributed by atoms with Gasteiger partial charge in [-0.1, -0.05) is 6.42 Å². The minimum atomic E-state index is -0.0157. The van der Waals surface area contributed by atoms with Crippen molar-refractivity contribution in [3.63, 3.8) is 0 Å². The average Bonchev–Trinajstić information content (AvgIpc) is 2.99. The lowest BCUT2D eigenvalue weighted by molar-refractivity contribution is -0.139. The van der Waals surface area contributed by atoms with Gasteiger partial charge in [-0.15, -0.1) is 0 Å². The first-order chi connectivity index (χ1) is 6.36. The molecule has 2 heteroatoms. The first kappa shape index (κ1) is 8.79. The van der Waals surface area contributed by atoms with E-state index in [0.29, 0.717) is 0 Å². The molecule has 2 aliphatic carbocycles. The van der Waals surface area contributed by atoms with Gasteiger partial charge in [0, 0.05) is 0 Å². The minimum absolute atomic E-state index is 0.0157. The topological polar surface area (TPSA) is 26.3 Å². The van der Waals surface area contributed by atoms with Crippen LogP contribution in [0.25, 0.3) is 0 Å². The van der Waals surface area contributed by atoms with Crippen molar-refractivity contribution >= 4 is 5.97 Å². The molecular formula is C11H16O2. The van der Waals surface area contributed by atoms with Gasteiger partial charge in [0.15, 0.2) is 0 Å². The zero-order chi connectivity index (χ0) is 9.10. The van der Waals surface area contributed by atoms with Crippen LogP contribution in [0.2, 0.25) is 0 Å². The van der Waals surface area contributed by atoms with Gasteiger partial charge >= 0.3 is 5.97 Å². The Morgan fingerprint density at radius 1 is 1.23 bits per heavy atom. The molecular weight excluding hydrogens is 164 g/mol. The summed E-state index contributed by atoms with van der Waals surface area (Å²) < 4.78 is 5.10. The third kappa shape index (κ3) is 2.58. The summed E-state index contributed by atoms with van der Waals surface area (Å²) in [6.07, 6.45) is 9.85. The van der Waals surface area contributed by atoms with E-state index in [4.69, 9.17) is 4.74 Å². The van der Waals surface area contributed by atoms with Gasteiger partial charge in [0.25, 0.3) is 0 Å². The average molecular weight is 180 g/mol. The number of hydrogen-bond acceptors (Lipinski definition) is 2. The second-order valence-corrected chi connectivity index (χ2v) is 4.05. The molecule has 0 unspecified atom stereocenters. The first-order valence-corrected chi connectivity index (χ1v) is 5.24. The van der Waals surface area contributed by atoms with Crippen molar-refractivity contribution in [2.24, 2.45) is 5.92 Å². The van der Waals surface area contributed by atoms with E-state index < -0.39 is 0 Å². The van der Waals surface area contributed by atoms with Crippen LogP contribution in [0.1, 0.15) is 44.9 Å². The van der Waals surface area contributed by atoms with E-state index in [0.717, 1.165) is 25.7 Å². The van der Waals surface area contributed by atoms with Crippen LogP contribution < -0.4 is 0 Å². The monoisotopic (exact) mass is 180 g/mol. The predicted molar refractivity (Wildman–Crippen MR) is 50.0 cm³/mol. The van der Waals surface area contributed by atoms with Crippen LogP contribution >= 0.6 is 0 Å². The van der Waals surface area contributed by atoms with Gasteiger partial charge in [-0.3, -0.25) is 4.79 Å². The molecule has 0 aromatic heterocycles. The standard InChI is InChI=1S/C11H16O2/c12-11(10-6-7-10)13-8-9-4-2-1-3-5-9/h8,10H,1-7H2. The van der Waals surface area contributed by atoms with Gasteiger partial charge in [-0.2, -0.15) is 0 Å². The summed E-state index contributed by atoms with van der Waals surface area (Å²) in [6, 6.07) is 0. The van der Waals surface area contributed by atoms with Crippen molar-refractivity contribution in [1.82, 2.24) is 0 Å². The Kier molecular flexibility index (Phi) is 2.67. The number of esters is 1. The van der Waals surface area contributed by atoms with Crippen LogP contribution in [-0.2, 0) is 9.53 Å². The maximum atomic E-state index is 11.2. The maximum absolute atomic E-state index is 11.2. The molecule has 13 heavy (non-hydrogen) atoms. The lowest BCUT2D eigenvalue weighted by Gasteiger charge is -2.12. The Balaban J connectivity index is 1.77. The van der Waals surface area contributed by atoms with Crippen LogP contribution in [0, 0.1) is 5.92 Å². The fraction of sp³-hybridized carbons (Fsp3) is 0.727. The van der Waals surface area contributed by atoms with Crippen molar-refractivity contribution < 1.29 is 9.53 Å². The Bertz CT molecular complexity index is 218. The molecule has 0 aliphatic heterocycles. The summed E-state index contributed by atoms with van der Waals surface area (Å²) in [5.74, 6) is 0.207. The van der Waals surface area contributed by atoms with E-state index in [-0.39, 0.29) is 11.9 Å². The Hall–Kier alpha value is -0.790. The van der Waals surface area contributed by atoms with Crippen molar-refractivity contribution in [3.8, 4) is 0 Å². The van der Waals surface area contributed by atoms with E-state index in [1.807, 2.05) is 0 Å². The minimum Gasteiger partial charge on any atom is -0.434 e. The van der Waals surface area contributed by atoms with Gasteiger partial charge in [0.2, 0.25) is 0 Å². The van der Waals surface area contributed by atoms with Crippen LogP contribution in [0.3, 0.4) is 0 Å². The lowest BCUT2D eigenvalue weighted by atomic mass is 9.96. The zero-order valence-corrected chi connectivity index (χ0v) is 7.92. The molecule has 2 aliphatic rings. The third-order valence-corrected chi connectivity index (χ3v) is 2.75. The third-order valence-electron chi connectivity index (χ3n) is 2.75. The summed E-state index contributed by atoms with van der Waals surface area (Å²) in [7, 11) is 0. The quantitative estimate of drug-likeness (QED) is 0.482. The van der Waals surface area contributed by atoms with E-state index in [9.17, 15) is 4.79 Å². The number of hydrogen-bond donors (Lipinski definition) is 0. The van der Waals surface area contributed by atoms with Crippen molar-refractivity contribution in [2.75, 3.05) is 0 Å². The van der Waals surface area contributed by atoms with Gasteiger partial charge in [0.1, 0.15) is 0 Å². The van der Waals surface area contributed by atoms with Gasteiger partial charge in [-0.25, -0.2) is 0 Å². The summed E-state index contributed by atoms with van der Waals surface area (Å²) in [5, 5.41) is 0. The predicted octanol–water partition coefficient (Wildman–Crippen LogP) is 2.79. The number of carbonyl (C=O) groups is 1. The molecule has 0 atom stereocenters. The van der Waals surface area contributed by atoms with Crippen molar-refractivity contribution in [2.45, 2.75) is 44.9 Å². The van der Waals surface area contributed by atoms with E-state index in [2.05, 4.69) is 0 Å². The Morgan fingerprint density at radius 2 is 1.92 bits per heavy atom. The van der Waals surface area contributed by atoms with Crippen molar-refractivity contribution in [3.05, 3.63) is 11.8 Å². The summed E-state index contributed by atoms with van der Waals surface area (Å²) in [6.45, 7) is 0. The molecule has 2 nitrogen and oxygen atoms in total. The second-order valence-electron chi connectivity index (χ2n) is 4.05. The number of allylic oxidation sites excluding steroid dienone is 1. The summed E-state index contributed by atoms with van der Waals surface area (Å²) in [5.41, 5.74) is 1.32. The van der Waals surface area contributed by atoms with Gasteiger partial charge < -0.3 is 4.74 Å².